The van der Waals surface area contributed by atoms with E-state index in [0.717, 1.165) is 11.8 Å². The van der Waals surface area contributed by atoms with E-state index in [0.29, 0.717) is 0 Å². The molecule has 1 aromatic rings. The third-order valence-electron chi connectivity index (χ3n) is 6.09. The highest BCUT2D eigenvalue weighted by Crippen LogP contribution is 2.38. The molecular formula is C25H44. The largest absolute Gasteiger partial charge is 0.0651 e. The molecule has 144 valence electrons. The molecule has 0 N–H and O–H groups in total. The molecule has 0 aliphatic rings. The number of hydrogen-bond acceptors (Lipinski definition) is 0. The maximum atomic E-state index is 2.67. The first kappa shape index (κ1) is 22.3. The molecule has 0 bridgehead atoms. The van der Waals surface area contributed by atoms with Crippen LogP contribution in [0.15, 0.2) is 6.07 Å². The first-order chi connectivity index (χ1) is 12.1. The average molecular weight is 345 g/mol. The standard InChI is InChI=1S/C25H44/c1-8-15-21-22(16-9-2)24(19(11-4)12-5)18-25(20(13-6)14-7)23(21)17-10-3/h18-20H,8-17H2,1-7H3. The van der Waals surface area contributed by atoms with Crippen molar-refractivity contribution in [3.63, 3.8) is 0 Å². The van der Waals surface area contributed by atoms with Crippen LogP contribution in [0.4, 0.5) is 0 Å². The molecule has 0 amide bonds. The van der Waals surface area contributed by atoms with Crippen molar-refractivity contribution in [1.82, 2.24) is 0 Å². The Morgan fingerprint density at radius 2 is 0.840 bits per heavy atom. The molecule has 0 nitrogen and oxygen atoms in total. The molecular weight excluding hydrogens is 300 g/mol. The molecule has 0 saturated heterocycles. The highest BCUT2D eigenvalue weighted by atomic mass is 14.3. The van der Waals surface area contributed by atoms with Gasteiger partial charge in [-0.15, -0.1) is 0 Å². The van der Waals surface area contributed by atoms with Crippen molar-refractivity contribution in [1.29, 1.82) is 0 Å². The maximum absolute atomic E-state index is 2.67. The fourth-order valence-corrected chi connectivity index (χ4v) is 4.70. The molecule has 0 heteroatoms. The Kier molecular flexibility index (Phi) is 10.5. The normalized spacial score (nSPS) is 11.7. The molecule has 0 aliphatic heterocycles. The molecule has 0 atom stereocenters. The monoisotopic (exact) mass is 344 g/mol. The highest BCUT2D eigenvalue weighted by molar-refractivity contribution is 5.49. The molecule has 0 aromatic heterocycles. The van der Waals surface area contributed by atoms with Gasteiger partial charge in [-0.05, 0) is 84.6 Å². The molecule has 0 heterocycles. The molecule has 25 heavy (non-hydrogen) atoms. The minimum Gasteiger partial charge on any atom is -0.0651 e. The summed E-state index contributed by atoms with van der Waals surface area (Å²) in [6.45, 7) is 16.5. The first-order valence-electron chi connectivity index (χ1n) is 11.3. The lowest BCUT2D eigenvalue weighted by atomic mass is 9.76. The second-order valence-corrected chi connectivity index (χ2v) is 7.77. The van der Waals surface area contributed by atoms with Crippen molar-refractivity contribution in [2.45, 2.75) is 125 Å². The summed E-state index contributed by atoms with van der Waals surface area (Å²) in [6, 6.07) is 2.67. The zero-order chi connectivity index (χ0) is 18.8. The predicted octanol–water partition coefficient (Wildman–Crippen LogP) is 8.35. The molecule has 1 rings (SSSR count). The lowest BCUT2D eigenvalue weighted by molar-refractivity contribution is 0.607. The summed E-state index contributed by atoms with van der Waals surface area (Å²) < 4.78 is 0. The smallest absolute Gasteiger partial charge is 0.0164 e. The van der Waals surface area contributed by atoms with E-state index < -0.39 is 0 Å². The zero-order valence-electron chi connectivity index (χ0n) is 18.3. The van der Waals surface area contributed by atoms with Crippen molar-refractivity contribution >= 4 is 0 Å². The van der Waals surface area contributed by atoms with Gasteiger partial charge in [0.15, 0.2) is 0 Å². The van der Waals surface area contributed by atoms with Crippen molar-refractivity contribution in [2.75, 3.05) is 0 Å². The molecule has 0 saturated carbocycles. The number of hydrogen-bond donors (Lipinski definition) is 0. The average Bonchev–Trinajstić information content (AvgIpc) is 2.62. The summed E-state index contributed by atoms with van der Waals surface area (Å²) >= 11 is 0. The highest BCUT2D eigenvalue weighted by Gasteiger charge is 2.23. The molecule has 1 aromatic carbocycles. The van der Waals surface area contributed by atoms with Gasteiger partial charge in [-0.2, -0.15) is 0 Å². The summed E-state index contributed by atoms with van der Waals surface area (Å²) in [5.74, 6) is 1.47. The van der Waals surface area contributed by atoms with Gasteiger partial charge in [-0.3, -0.25) is 0 Å². The zero-order valence-corrected chi connectivity index (χ0v) is 18.3. The predicted molar refractivity (Wildman–Crippen MR) is 115 cm³/mol. The Bertz CT molecular complexity index is 449. The summed E-state index contributed by atoms with van der Waals surface area (Å²) in [6.07, 6.45) is 12.7. The second-order valence-electron chi connectivity index (χ2n) is 7.77. The Balaban J connectivity index is 3.74. The summed E-state index contributed by atoms with van der Waals surface area (Å²) in [5, 5.41) is 0. The minimum atomic E-state index is 0.737. The van der Waals surface area contributed by atoms with Gasteiger partial charge in [0.1, 0.15) is 0 Å². The van der Waals surface area contributed by atoms with Crippen LogP contribution in [0.1, 0.15) is 133 Å². The van der Waals surface area contributed by atoms with Gasteiger partial charge in [0, 0.05) is 0 Å². The Morgan fingerprint density at radius 1 is 0.520 bits per heavy atom. The maximum Gasteiger partial charge on any atom is -0.0164 e. The van der Waals surface area contributed by atoms with E-state index >= 15 is 0 Å². The van der Waals surface area contributed by atoms with Gasteiger partial charge in [0.25, 0.3) is 0 Å². The Hall–Kier alpha value is -0.780. The Morgan fingerprint density at radius 3 is 1.12 bits per heavy atom. The quantitative estimate of drug-likeness (QED) is 0.357. The van der Waals surface area contributed by atoms with Gasteiger partial charge in [0.05, 0.1) is 0 Å². The van der Waals surface area contributed by atoms with Crippen molar-refractivity contribution in [3.05, 3.63) is 33.9 Å². The van der Waals surface area contributed by atoms with E-state index in [-0.39, 0.29) is 0 Å². The van der Waals surface area contributed by atoms with Crippen LogP contribution in [0.3, 0.4) is 0 Å². The number of benzene rings is 1. The molecule has 0 unspecified atom stereocenters. The van der Waals surface area contributed by atoms with E-state index in [2.05, 4.69) is 54.5 Å². The minimum absolute atomic E-state index is 0.737. The molecule has 0 radical (unpaired) electrons. The number of rotatable bonds is 12. The first-order valence-corrected chi connectivity index (χ1v) is 11.3. The third-order valence-corrected chi connectivity index (χ3v) is 6.09. The van der Waals surface area contributed by atoms with Crippen LogP contribution < -0.4 is 0 Å². The summed E-state index contributed by atoms with van der Waals surface area (Å²) in [4.78, 5) is 0. The van der Waals surface area contributed by atoms with Crippen LogP contribution in [0.5, 0.6) is 0 Å². The van der Waals surface area contributed by atoms with E-state index in [1.807, 2.05) is 0 Å². The van der Waals surface area contributed by atoms with E-state index in [1.165, 1.54) is 64.2 Å². The van der Waals surface area contributed by atoms with Crippen molar-refractivity contribution < 1.29 is 0 Å². The molecule has 0 fully saturated rings. The Labute approximate surface area is 158 Å². The van der Waals surface area contributed by atoms with Crippen LogP contribution in [-0.4, -0.2) is 0 Å². The summed E-state index contributed by atoms with van der Waals surface area (Å²) in [7, 11) is 0. The van der Waals surface area contributed by atoms with Gasteiger partial charge in [-0.25, -0.2) is 0 Å². The lowest BCUT2D eigenvalue weighted by Gasteiger charge is -2.29. The van der Waals surface area contributed by atoms with Crippen LogP contribution in [0, 0.1) is 0 Å². The van der Waals surface area contributed by atoms with E-state index in [1.54, 1.807) is 27.8 Å². The fourth-order valence-electron chi connectivity index (χ4n) is 4.70. The van der Waals surface area contributed by atoms with Crippen molar-refractivity contribution in [3.8, 4) is 0 Å². The molecule has 0 aliphatic carbocycles. The fraction of sp³-hybridized carbons (Fsp3) is 0.760. The van der Waals surface area contributed by atoms with Crippen LogP contribution in [0.2, 0.25) is 0 Å². The van der Waals surface area contributed by atoms with Gasteiger partial charge >= 0.3 is 0 Å². The van der Waals surface area contributed by atoms with E-state index in [9.17, 15) is 0 Å². The third kappa shape index (κ3) is 5.35. The lowest BCUT2D eigenvalue weighted by Crippen LogP contribution is -2.13. The van der Waals surface area contributed by atoms with Crippen LogP contribution >= 0.6 is 0 Å². The van der Waals surface area contributed by atoms with Crippen LogP contribution in [-0.2, 0) is 19.3 Å². The van der Waals surface area contributed by atoms with Crippen molar-refractivity contribution in [2.24, 2.45) is 0 Å². The summed E-state index contributed by atoms with van der Waals surface area (Å²) in [5.41, 5.74) is 8.62. The van der Waals surface area contributed by atoms with Gasteiger partial charge in [-0.1, -0.05) is 73.8 Å². The molecule has 0 spiro atoms. The van der Waals surface area contributed by atoms with Crippen LogP contribution in [0.25, 0.3) is 0 Å². The topological polar surface area (TPSA) is 0 Å². The second kappa shape index (κ2) is 11.8. The van der Waals surface area contributed by atoms with Gasteiger partial charge < -0.3 is 0 Å². The SMILES string of the molecule is CCCc1c(C(CC)CC)cc(C(CC)CC)c(CCC)c1CCC. The van der Waals surface area contributed by atoms with Gasteiger partial charge in [0.2, 0.25) is 0 Å². The van der Waals surface area contributed by atoms with E-state index in [4.69, 9.17) is 0 Å².